The van der Waals surface area contributed by atoms with E-state index >= 15 is 0 Å². The lowest BCUT2D eigenvalue weighted by Gasteiger charge is -2.20. The summed E-state index contributed by atoms with van der Waals surface area (Å²) in [7, 11) is 0. The summed E-state index contributed by atoms with van der Waals surface area (Å²) in [6.45, 7) is 2.18. The van der Waals surface area contributed by atoms with Crippen LogP contribution in [0.15, 0.2) is 54.6 Å². The van der Waals surface area contributed by atoms with Gasteiger partial charge in [0.05, 0.1) is 0 Å². The summed E-state index contributed by atoms with van der Waals surface area (Å²) in [5, 5.41) is 9.13. The summed E-state index contributed by atoms with van der Waals surface area (Å²) in [5.74, 6) is 0. The highest BCUT2D eigenvalue weighted by atomic mass is 16.7. The maximum atomic E-state index is 11.1. The van der Waals surface area contributed by atoms with Crippen molar-refractivity contribution in [2.24, 2.45) is 0 Å². The van der Waals surface area contributed by atoms with Gasteiger partial charge in [0, 0.05) is 0 Å². The van der Waals surface area contributed by atoms with E-state index in [1.807, 2.05) is 36.4 Å². The average Bonchev–Trinajstić information content (AvgIpc) is 2.60. The standard InChI is InChI=1S/C21H26O3/c1-2-3-5-12-18-13-8-9-14-19(18)20(24-21(22)23)16-15-17-10-6-4-7-11-17/h4,6-11,13-14,20H,2-3,5,12,15-16H2,1H3,(H,22,23). The summed E-state index contributed by atoms with van der Waals surface area (Å²) in [4.78, 5) is 11.1. The number of hydrogen-bond donors (Lipinski definition) is 1. The lowest BCUT2D eigenvalue weighted by Crippen LogP contribution is -2.12. The molecule has 1 unspecified atom stereocenters. The Kier molecular flexibility index (Phi) is 7.34. The summed E-state index contributed by atoms with van der Waals surface area (Å²) in [5.41, 5.74) is 3.40. The van der Waals surface area contributed by atoms with Gasteiger partial charge in [-0.25, -0.2) is 4.79 Å². The Labute approximate surface area is 144 Å². The largest absolute Gasteiger partial charge is 0.506 e. The Bertz CT molecular complexity index is 622. The third-order valence-electron chi connectivity index (χ3n) is 4.23. The van der Waals surface area contributed by atoms with Crippen molar-refractivity contribution in [1.82, 2.24) is 0 Å². The van der Waals surface area contributed by atoms with Gasteiger partial charge in [-0.2, -0.15) is 0 Å². The zero-order valence-electron chi connectivity index (χ0n) is 14.3. The van der Waals surface area contributed by atoms with Gasteiger partial charge in [0.25, 0.3) is 0 Å². The molecule has 0 aliphatic rings. The second-order valence-corrected chi connectivity index (χ2v) is 6.05. The first-order chi connectivity index (χ1) is 11.7. The number of aryl methyl sites for hydroxylation is 2. The molecule has 0 spiro atoms. The Morgan fingerprint density at radius 3 is 2.42 bits per heavy atom. The van der Waals surface area contributed by atoms with E-state index in [9.17, 15) is 4.79 Å². The van der Waals surface area contributed by atoms with Gasteiger partial charge in [-0.1, -0.05) is 74.4 Å². The highest BCUT2D eigenvalue weighted by Gasteiger charge is 2.19. The Morgan fingerprint density at radius 1 is 1.00 bits per heavy atom. The molecule has 0 fully saturated rings. The van der Waals surface area contributed by atoms with Gasteiger partial charge in [-0.15, -0.1) is 0 Å². The molecular formula is C21H26O3. The van der Waals surface area contributed by atoms with Crippen LogP contribution in [-0.4, -0.2) is 11.3 Å². The number of rotatable bonds is 9. The van der Waals surface area contributed by atoms with E-state index < -0.39 is 12.3 Å². The fourth-order valence-corrected chi connectivity index (χ4v) is 2.98. The van der Waals surface area contributed by atoms with Crippen LogP contribution in [0, 0.1) is 0 Å². The van der Waals surface area contributed by atoms with Crippen molar-refractivity contribution in [2.75, 3.05) is 0 Å². The molecule has 0 aliphatic carbocycles. The van der Waals surface area contributed by atoms with Crippen molar-refractivity contribution in [3.8, 4) is 0 Å². The summed E-state index contributed by atoms with van der Waals surface area (Å²) in [6, 6.07) is 18.2. The molecule has 2 aromatic rings. The van der Waals surface area contributed by atoms with Crippen molar-refractivity contribution in [2.45, 2.75) is 51.6 Å². The molecule has 1 atom stereocenters. The van der Waals surface area contributed by atoms with E-state index in [1.165, 1.54) is 24.0 Å². The van der Waals surface area contributed by atoms with Crippen molar-refractivity contribution >= 4 is 6.16 Å². The number of benzene rings is 2. The third-order valence-corrected chi connectivity index (χ3v) is 4.23. The van der Waals surface area contributed by atoms with Crippen molar-refractivity contribution in [3.05, 3.63) is 71.3 Å². The van der Waals surface area contributed by atoms with Crippen LogP contribution in [0.5, 0.6) is 0 Å². The quantitative estimate of drug-likeness (QED) is 0.469. The monoisotopic (exact) mass is 326 g/mol. The number of carbonyl (C=O) groups is 1. The molecule has 0 saturated heterocycles. The molecule has 128 valence electrons. The van der Waals surface area contributed by atoms with Crippen LogP contribution in [0.1, 0.15) is 55.4 Å². The van der Waals surface area contributed by atoms with Crippen molar-refractivity contribution in [1.29, 1.82) is 0 Å². The summed E-state index contributed by atoms with van der Waals surface area (Å²) in [6.07, 6.45) is 4.26. The van der Waals surface area contributed by atoms with Gasteiger partial charge in [-0.3, -0.25) is 0 Å². The van der Waals surface area contributed by atoms with Crippen LogP contribution in [-0.2, 0) is 17.6 Å². The van der Waals surface area contributed by atoms with Gasteiger partial charge >= 0.3 is 6.16 Å². The molecule has 1 N–H and O–H groups in total. The molecule has 0 radical (unpaired) electrons. The minimum atomic E-state index is -1.21. The Morgan fingerprint density at radius 2 is 1.71 bits per heavy atom. The fourth-order valence-electron chi connectivity index (χ4n) is 2.98. The van der Waals surface area contributed by atoms with E-state index in [-0.39, 0.29) is 0 Å². The molecule has 0 amide bonds. The molecule has 0 aromatic heterocycles. The molecule has 0 aliphatic heterocycles. The molecule has 2 rings (SSSR count). The van der Waals surface area contributed by atoms with E-state index in [1.54, 1.807) is 0 Å². The second-order valence-electron chi connectivity index (χ2n) is 6.05. The first kappa shape index (κ1) is 18.1. The SMILES string of the molecule is CCCCCc1ccccc1C(CCc1ccccc1)OC(=O)O. The van der Waals surface area contributed by atoms with E-state index in [4.69, 9.17) is 9.84 Å². The van der Waals surface area contributed by atoms with Crippen LogP contribution in [0.25, 0.3) is 0 Å². The highest BCUT2D eigenvalue weighted by Crippen LogP contribution is 2.28. The van der Waals surface area contributed by atoms with E-state index in [0.29, 0.717) is 6.42 Å². The smallest absolute Gasteiger partial charge is 0.450 e. The van der Waals surface area contributed by atoms with Crippen molar-refractivity contribution in [3.63, 3.8) is 0 Å². The van der Waals surface area contributed by atoms with Crippen LogP contribution in [0.2, 0.25) is 0 Å². The van der Waals surface area contributed by atoms with Gasteiger partial charge in [0.15, 0.2) is 0 Å². The van der Waals surface area contributed by atoms with Crippen LogP contribution < -0.4 is 0 Å². The number of carboxylic acid groups (broad SMARTS) is 1. The van der Waals surface area contributed by atoms with Crippen LogP contribution in [0.4, 0.5) is 4.79 Å². The van der Waals surface area contributed by atoms with Gasteiger partial charge in [0.1, 0.15) is 6.10 Å². The molecule has 24 heavy (non-hydrogen) atoms. The number of ether oxygens (including phenoxy) is 1. The van der Waals surface area contributed by atoms with Crippen molar-refractivity contribution < 1.29 is 14.6 Å². The first-order valence-electron chi connectivity index (χ1n) is 8.72. The predicted molar refractivity (Wildman–Crippen MR) is 96.3 cm³/mol. The minimum Gasteiger partial charge on any atom is -0.450 e. The number of unbranched alkanes of at least 4 members (excludes halogenated alkanes) is 2. The lowest BCUT2D eigenvalue weighted by molar-refractivity contribution is 0.0473. The second kappa shape index (κ2) is 9.76. The molecule has 3 heteroatoms. The lowest BCUT2D eigenvalue weighted by atomic mass is 9.94. The third kappa shape index (κ3) is 5.73. The molecule has 3 nitrogen and oxygen atoms in total. The average molecular weight is 326 g/mol. The molecule has 0 bridgehead atoms. The van der Waals surface area contributed by atoms with Gasteiger partial charge < -0.3 is 9.84 Å². The van der Waals surface area contributed by atoms with Gasteiger partial charge in [0.2, 0.25) is 0 Å². The summed E-state index contributed by atoms with van der Waals surface area (Å²) >= 11 is 0. The maximum Gasteiger partial charge on any atom is 0.506 e. The van der Waals surface area contributed by atoms with Gasteiger partial charge in [-0.05, 0) is 42.4 Å². The molecular weight excluding hydrogens is 300 g/mol. The maximum absolute atomic E-state index is 11.1. The molecule has 0 saturated carbocycles. The first-order valence-corrected chi connectivity index (χ1v) is 8.72. The molecule has 2 aromatic carbocycles. The van der Waals surface area contributed by atoms with Crippen LogP contribution in [0.3, 0.4) is 0 Å². The zero-order valence-corrected chi connectivity index (χ0v) is 14.3. The predicted octanol–water partition coefficient (Wildman–Crippen LogP) is 5.79. The molecule has 0 heterocycles. The van der Waals surface area contributed by atoms with E-state index in [2.05, 4.69) is 25.1 Å². The minimum absolute atomic E-state index is 0.416. The highest BCUT2D eigenvalue weighted by molar-refractivity contribution is 5.57. The number of hydrogen-bond acceptors (Lipinski definition) is 2. The topological polar surface area (TPSA) is 46.5 Å². The zero-order chi connectivity index (χ0) is 17.2. The van der Waals surface area contributed by atoms with E-state index in [0.717, 1.165) is 24.8 Å². The normalized spacial score (nSPS) is 11.9. The Hall–Kier alpha value is -2.29. The fraction of sp³-hybridized carbons (Fsp3) is 0.381. The summed E-state index contributed by atoms with van der Waals surface area (Å²) < 4.78 is 5.22. The Balaban J connectivity index is 2.13. The van der Waals surface area contributed by atoms with Crippen LogP contribution >= 0.6 is 0 Å².